The van der Waals surface area contributed by atoms with E-state index in [2.05, 4.69) is 4.98 Å². The molecule has 0 radical (unpaired) electrons. The number of halogens is 1. The van der Waals surface area contributed by atoms with Gasteiger partial charge in [-0.2, -0.15) is 0 Å². The average molecular weight is 378 g/mol. The monoisotopic (exact) mass is 378 g/mol. The Bertz CT molecular complexity index is 817. The summed E-state index contributed by atoms with van der Waals surface area (Å²) in [6.45, 7) is 3.40. The Labute approximate surface area is 154 Å². The molecule has 1 saturated carbocycles. The van der Waals surface area contributed by atoms with Crippen LogP contribution >= 0.6 is 11.3 Å². The summed E-state index contributed by atoms with van der Waals surface area (Å²) >= 11 is 1.20. The SMILES string of the molecule is Cc1nc(COc2ccc(F)cc2)sc1C(=O)N(C1CC1)C(C)C(=O)O. The molecular weight excluding hydrogens is 359 g/mol. The van der Waals surface area contributed by atoms with Gasteiger partial charge in [0.2, 0.25) is 0 Å². The molecule has 8 heteroatoms. The van der Waals surface area contributed by atoms with Crippen LogP contribution in [0.3, 0.4) is 0 Å². The zero-order valence-electron chi connectivity index (χ0n) is 14.4. The number of aliphatic carboxylic acids is 1. The van der Waals surface area contributed by atoms with Crippen molar-refractivity contribution < 1.29 is 23.8 Å². The lowest BCUT2D eigenvalue weighted by atomic mass is 10.2. The second kappa shape index (κ2) is 7.41. The summed E-state index contributed by atoms with van der Waals surface area (Å²) in [4.78, 5) is 30.4. The van der Waals surface area contributed by atoms with Crippen molar-refractivity contribution in [2.24, 2.45) is 0 Å². The molecule has 0 spiro atoms. The third kappa shape index (κ3) is 4.01. The van der Waals surface area contributed by atoms with Crippen LogP contribution < -0.4 is 4.74 Å². The summed E-state index contributed by atoms with van der Waals surface area (Å²) in [5, 5.41) is 9.88. The third-order valence-corrected chi connectivity index (χ3v) is 5.28. The predicted molar refractivity (Wildman–Crippen MR) is 93.9 cm³/mol. The van der Waals surface area contributed by atoms with Gasteiger partial charge in [-0.15, -0.1) is 11.3 Å². The number of aryl methyl sites for hydroxylation is 1. The van der Waals surface area contributed by atoms with Crippen LogP contribution in [-0.4, -0.2) is 39.0 Å². The zero-order chi connectivity index (χ0) is 18.8. The highest BCUT2D eigenvalue weighted by Gasteiger charge is 2.39. The Kier molecular flexibility index (Phi) is 5.22. The molecule has 0 bridgehead atoms. The quantitative estimate of drug-likeness (QED) is 0.800. The van der Waals surface area contributed by atoms with Gasteiger partial charge in [0.25, 0.3) is 5.91 Å². The van der Waals surface area contributed by atoms with Crippen LogP contribution in [0.5, 0.6) is 5.75 Å². The number of rotatable bonds is 7. The lowest BCUT2D eigenvalue weighted by molar-refractivity contribution is -0.141. The van der Waals surface area contributed by atoms with Crippen molar-refractivity contribution in [3.8, 4) is 5.75 Å². The first-order chi connectivity index (χ1) is 12.4. The maximum Gasteiger partial charge on any atom is 0.326 e. The van der Waals surface area contributed by atoms with E-state index in [0.29, 0.717) is 21.3 Å². The van der Waals surface area contributed by atoms with Crippen LogP contribution in [0.1, 0.15) is 40.1 Å². The number of thiazole rings is 1. The van der Waals surface area contributed by atoms with Gasteiger partial charge in [-0.05, 0) is 51.0 Å². The van der Waals surface area contributed by atoms with E-state index in [-0.39, 0.29) is 24.4 Å². The Balaban J connectivity index is 1.73. The van der Waals surface area contributed by atoms with Gasteiger partial charge in [0.15, 0.2) is 0 Å². The van der Waals surface area contributed by atoms with Crippen LogP contribution in [0.15, 0.2) is 24.3 Å². The minimum Gasteiger partial charge on any atom is -0.486 e. The number of aromatic nitrogens is 1. The number of carboxylic acid groups (broad SMARTS) is 1. The molecule has 138 valence electrons. The molecule has 1 aromatic carbocycles. The number of hydrogen-bond acceptors (Lipinski definition) is 5. The van der Waals surface area contributed by atoms with E-state index in [1.54, 1.807) is 6.92 Å². The number of hydrogen-bond donors (Lipinski definition) is 1. The molecule has 26 heavy (non-hydrogen) atoms. The van der Waals surface area contributed by atoms with Crippen LogP contribution in [0.2, 0.25) is 0 Å². The number of carbonyl (C=O) groups is 2. The number of carboxylic acids is 1. The van der Waals surface area contributed by atoms with Gasteiger partial charge < -0.3 is 14.7 Å². The lowest BCUT2D eigenvalue weighted by Crippen LogP contribution is -2.44. The highest BCUT2D eigenvalue weighted by atomic mass is 32.1. The summed E-state index contributed by atoms with van der Waals surface area (Å²) in [6, 6.07) is 4.75. The fourth-order valence-electron chi connectivity index (χ4n) is 2.64. The number of nitrogens with zero attached hydrogens (tertiary/aromatic N) is 2. The molecule has 1 heterocycles. The third-order valence-electron chi connectivity index (χ3n) is 4.16. The fraction of sp³-hybridized carbons (Fsp3) is 0.389. The van der Waals surface area contributed by atoms with Gasteiger partial charge in [-0.1, -0.05) is 0 Å². The highest BCUT2D eigenvalue weighted by molar-refractivity contribution is 7.13. The van der Waals surface area contributed by atoms with Crippen molar-refractivity contribution in [1.82, 2.24) is 9.88 Å². The smallest absolute Gasteiger partial charge is 0.326 e. The normalized spacial score (nSPS) is 14.7. The van der Waals surface area contributed by atoms with E-state index in [0.717, 1.165) is 12.8 Å². The molecular formula is C18H19FN2O4S. The van der Waals surface area contributed by atoms with Gasteiger partial charge in [-0.25, -0.2) is 14.2 Å². The molecule has 6 nitrogen and oxygen atoms in total. The average Bonchev–Trinajstić information content (AvgIpc) is 3.36. The second-order valence-electron chi connectivity index (χ2n) is 6.22. The molecule has 0 saturated heterocycles. The van der Waals surface area contributed by atoms with E-state index in [1.165, 1.54) is 47.4 Å². The lowest BCUT2D eigenvalue weighted by Gasteiger charge is -2.26. The maximum absolute atomic E-state index is 12.9. The number of carbonyl (C=O) groups excluding carboxylic acids is 1. The minimum atomic E-state index is -1.02. The van der Waals surface area contributed by atoms with Crippen LogP contribution in [0.25, 0.3) is 0 Å². The molecule has 1 atom stereocenters. The fourth-order valence-corrected chi connectivity index (χ4v) is 3.56. The summed E-state index contributed by atoms with van der Waals surface area (Å²) in [7, 11) is 0. The molecule has 1 aliphatic carbocycles. The van der Waals surface area contributed by atoms with Crippen molar-refractivity contribution >= 4 is 23.2 Å². The first-order valence-electron chi connectivity index (χ1n) is 8.27. The molecule has 1 amide bonds. The largest absolute Gasteiger partial charge is 0.486 e. The van der Waals surface area contributed by atoms with Crippen molar-refractivity contribution in [3.63, 3.8) is 0 Å². The first kappa shape index (κ1) is 18.3. The van der Waals surface area contributed by atoms with E-state index in [4.69, 9.17) is 4.74 Å². The highest BCUT2D eigenvalue weighted by Crippen LogP contribution is 2.32. The Morgan fingerprint density at radius 2 is 2.04 bits per heavy atom. The zero-order valence-corrected chi connectivity index (χ0v) is 15.3. The number of ether oxygens (including phenoxy) is 1. The minimum absolute atomic E-state index is 0.0194. The standard InChI is InChI=1S/C18H19FN2O4S/c1-10-16(17(22)21(13-5-6-13)11(2)18(23)24)26-15(20-10)9-25-14-7-3-12(19)4-8-14/h3-4,7-8,11,13H,5-6,9H2,1-2H3,(H,23,24). The van der Waals surface area contributed by atoms with E-state index in [1.807, 2.05) is 0 Å². The topological polar surface area (TPSA) is 79.7 Å². The van der Waals surface area contributed by atoms with Crippen molar-refractivity contribution in [2.75, 3.05) is 0 Å². The van der Waals surface area contributed by atoms with Crippen molar-refractivity contribution in [1.29, 1.82) is 0 Å². The predicted octanol–water partition coefficient (Wildman–Crippen LogP) is 3.25. The summed E-state index contributed by atoms with van der Waals surface area (Å²) < 4.78 is 18.5. The molecule has 1 N–H and O–H groups in total. The van der Waals surface area contributed by atoms with Gasteiger partial charge in [0.1, 0.15) is 34.1 Å². The summed E-state index contributed by atoms with van der Waals surface area (Å²) in [6.07, 6.45) is 1.64. The Hall–Kier alpha value is -2.48. The van der Waals surface area contributed by atoms with E-state index < -0.39 is 12.0 Å². The molecule has 3 rings (SSSR count). The Morgan fingerprint density at radius 1 is 1.38 bits per heavy atom. The van der Waals surface area contributed by atoms with E-state index in [9.17, 15) is 19.1 Å². The van der Waals surface area contributed by atoms with E-state index >= 15 is 0 Å². The van der Waals surface area contributed by atoms with Crippen LogP contribution in [-0.2, 0) is 11.4 Å². The first-order valence-corrected chi connectivity index (χ1v) is 9.08. The second-order valence-corrected chi connectivity index (χ2v) is 7.31. The molecule has 2 aromatic rings. The van der Waals surface area contributed by atoms with Crippen molar-refractivity contribution in [3.05, 3.63) is 45.7 Å². The number of amides is 1. The summed E-state index contributed by atoms with van der Waals surface area (Å²) in [5.74, 6) is -1.16. The van der Waals surface area contributed by atoms with Crippen LogP contribution in [0.4, 0.5) is 4.39 Å². The summed E-state index contributed by atoms with van der Waals surface area (Å²) in [5.41, 5.74) is 0.556. The molecule has 1 fully saturated rings. The van der Waals surface area contributed by atoms with Gasteiger partial charge >= 0.3 is 5.97 Å². The molecule has 1 aromatic heterocycles. The Morgan fingerprint density at radius 3 is 2.62 bits per heavy atom. The van der Waals surface area contributed by atoms with Crippen molar-refractivity contribution in [2.45, 2.75) is 45.4 Å². The maximum atomic E-state index is 12.9. The van der Waals surface area contributed by atoms with Gasteiger partial charge in [0.05, 0.1) is 5.69 Å². The molecule has 1 aliphatic rings. The van der Waals surface area contributed by atoms with Gasteiger partial charge in [-0.3, -0.25) is 4.79 Å². The number of benzene rings is 1. The van der Waals surface area contributed by atoms with Gasteiger partial charge in [0, 0.05) is 6.04 Å². The molecule has 1 unspecified atom stereocenters. The molecule has 0 aliphatic heterocycles. The van der Waals surface area contributed by atoms with Crippen LogP contribution in [0, 0.1) is 12.7 Å².